The predicted molar refractivity (Wildman–Crippen MR) is 106 cm³/mol. The van der Waals surface area contributed by atoms with Gasteiger partial charge in [-0.2, -0.15) is 0 Å². The second-order valence-electron chi connectivity index (χ2n) is 6.61. The van der Waals surface area contributed by atoms with Gasteiger partial charge in [-0.3, -0.25) is 4.79 Å². The molecule has 0 unspecified atom stereocenters. The van der Waals surface area contributed by atoms with Crippen LogP contribution >= 0.6 is 11.3 Å². The van der Waals surface area contributed by atoms with Crippen molar-refractivity contribution >= 4 is 17.2 Å². The fraction of sp³-hybridized carbons (Fsp3) is 0.286. The normalized spacial score (nSPS) is 12.8. The number of fused-ring (bicyclic) bond motifs is 1. The zero-order valence-electron chi connectivity index (χ0n) is 15.5. The van der Waals surface area contributed by atoms with Crippen molar-refractivity contribution in [2.24, 2.45) is 0 Å². The Balaban J connectivity index is 1.45. The number of thiophene rings is 1. The van der Waals surface area contributed by atoms with Gasteiger partial charge in [-0.05, 0) is 49.1 Å². The molecule has 5 nitrogen and oxygen atoms in total. The van der Waals surface area contributed by atoms with Gasteiger partial charge in [0.2, 0.25) is 0 Å². The minimum absolute atomic E-state index is 0.0598. The fourth-order valence-electron chi connectivity index (χ4n) is 3.31. The van der Waals surface area contributed by atoms with Crippen LogP contribution in [0.1, 0.15) is 32.2 Å². The Kier molecular flexibility index (Phi) is 4.90. The highest BCUT2D eigenvalue weighted by Crippen LogP contribution is 2.30. The molecule has 3 heterocycles. The van der Waals surface area contributed by atoms with E-state index in [9.17, 15) is 4.79 Å². The molecule has 1 N–H and O–H groups in total. The van der Waals surface area contributed by atoms with E-state index in [2.05, 4.69) is 27.4 Å². The van der Waals surface area contributed by atoms with Crippen LogP contribution in [0.5, 0.6) is 11.5 Å². The van der Waals surface area contributed by atoms with Crippen molar-refractivity contribution in [2.45, 2.75) is 26.9 Å². The highest BCUT2D eigenvalue weighted by atomic mass is 32.1. The van der Waals surface area contributed by atoms with Gasteiger partial charge in [0.1, 0.15) is 13.2 Å². The van der Waals surface area contributed by atoms with Crippen molar-refractivity contribution in [2.75, 3.05) is 13.2 Å². The van der Waals surface area contributed by atoms with Crippen molar-refractivity contribution in [3.8, 4) is 11.5 Å². The van der Waals surface area contributed by atoms with E-state index >= 15 is 0 Å². The second kappa shape index (κ2) is 7.48. The van der Waals surface area contributed by atoms with E-state index in [-0.39, 0.29) is 5.91 Å². The number of hydrogen-bond acceptors (Lipinski definition) is 4. The average Bonchev–Trinajstić information content (AvgIpc) is 3.30. The number of ether oxygens (including phenoxy) is 2. The first-order valence-electron chi connectivity index (χ1n) is 8.97. The summed E-state index contributed by atoms with van der Waals surface area (Å²) in [4.78, 5) is 14.0. The number of benzene rings is 1. The number of carbonyl (C=O) groups is 1. The molecule has 2 aromatic heterocycles. The van der Waals surface area contributed by atoms with E-state index in [4.69, 9.17) is 9.47 Å². The molecule has 140 valence electrons. The topological polar surface area (TPSA) is 52.5 Å². The van der Waals surface area contributed by atoms with Gasteiger partial charge >= 0.3 is 0 Å². The van der Waals surface area contributed by atoms with Crippen LogP contribution in [0.15, 0.2) is 41.8 Å². The summed E-state index contributed by atoms with van der Waals surface area (Å²) in [6.07, 6.45) is 0. The summed E-state index contributed by atoms with van der Waals surface area (Å²) in [7, 11) is 0. The first-order valence-corrected chi connectivity index (χ1v) is 9.85. The van der Waals surface area contributed by atoms with Crippen LogP contribution in [0.3, 0.4) is 0 Å². The minimum atomic E-state index is -0.0598. The Morgan fingerprint density at radius 3 is 2.74 bits per heavy atom. The molecule has 0 fully saturated rings. The number of amides is 1. The largest absolute Gasteiger partial charge is 0.486 e. The molecule has 3 aromatic rings. The molecule has 4 rings (SSSR count). The maximum atomic E-state index is 12.7. The van der Waals surface area contributed by atoms with Gasteiger partial charge in [-0.1, -0.05) is 12.1 Å². The Labute approximate surface area is 162 Å². The standard InChI is InChI=1S/C21H22N2O3S/c1-14-10-18(15(2)23(14)13-17-4-3-9-27-17)21(24)22-12-16-5-6-19-20(11-16)26-8-7-25-19/h3-6,9-11H,7-8,12-13H2,1-2H3,(H,22,24). The van der Waals surface area contributed by atoms with E-state index in [1.54, 1.807) is 11.3 Å². The molecule has 1 aromatic carbocycles. The predicted octanol–water partition coefficient (Wildman–Crippen LogP) is 3.92. The molecule has 1 aliphatic heterocycles. The van der Waals surface area contributed by atoms with E-state index in [1.807, 2.05) is 38.1 Å². The lowest BCUT2D eigenvalue weighted by Crippen LogP contribution is -2.23. The van der Waals surface area contributed by atoms with E-state index in [0.717, 1.165) is 40.6 Å². The van der Waals surface area contributed by atoms with Crippen LogP contribution in [-0.4, -0.2) is 23.7 Å². The van der Waals surface area contributed by atoms with E-state index in [1.165, 1.54) is 4.88 Å². The highest BCUT2D eigenvalue weighted by molar-refractivity contribution is 7.09. The van der Waals surface area contributed by atoms with Crippen LogP contribution in [-0.2, 0) is 13.1 Å². The van der Waals surface area contributed by atoms with Gasteiger partial charge in [0.25, 0.3) is 5.91 Å². The van der Waals surface area contributed by atoms with Crippen LogP contribution in [0.25, 0.3) is 0 Å². The Bertz CT molecular complexity index is 960. The smallest absolute Gasteiger partial charge is 0.253 e. The average molecular weight is 382 g/mol. The van der Waals surface area contributed by atoms with Crippen molar-refractivity contribution in [1.82, 2.24) is 9.88 Å². The summed E-state index contributed by atoms with van der Waals surface area (Å²) in [6.45, 7) is 6.41. The van der Waals surface area contributed by atoms with Crippen LogP contribution in [0.4, 0.5) is 0 Å². The molecule has 0 spiro atoms. The Morgan fingerprint density at radius 1 is 1.15 bits per heavy atom. The summed E-state index contributed by atoms with van der Waals surface area (Å²) in [6, 6.07) is 11.9. The number of aromatic nitrogens is 1. The summed E-state index contributed by atoms with van der Waals surface area (Å²) < 4.78 is 13.3. The number of rotatable bonds is 5. The van der Waals surface area contributed by atoms with Gasteiger partial charge in [-0.15, -0.1) is 11.3 Å². The molecule has 0 atom stereocenters. The number of carbonyl (C=O) groups excluding carboxylic acids is 1. The first-order chi connectivity index (χ1) is 13.1. The molecule has 0 aliphatic carbocycles. The van der Waals surface area contributed by atoms with Crippen molar-refractivity contribution < 1.29 is 14.3 Å². The van der Waals surface area contributed by atoms with E-state index in [0.29, 0.717) is 19.8 Å². The molecular formula is C21H22N2O3S. The molecule has 6 heteroatoms. The van der Waals surface area contributed by atoms with Gasteiger partial charge in [0.15, 0.2) is 11.5 Å². The first kappa shape index (κ1) is 17.7. The van der Waals surface area contributed by atoms with Gasteiger partial charge in [0, 0.05) is 22.8 Å². The van der Waals surface area contributed by atoms with Gasteiger partial charge < -0.3 is 19.4 Å². The maximum absolute atomic E-state index is 12.7. The molecule has 27 heavy (non-hydrogen) atoms. The third-order valence-electron chi connectivity index (χ3n) is 4.77. The molecular weight excluding hydrogens is 360 g/mol. The van der Waals surface area contributed by atoms with Crippen LogP contribution < -0.4 is 14.8 Å². The quantitative estimate of drug-likeness (QED) is 0.728. The Hall–Kier alpha value is -2.73. The molecule has 0 bridgehead atoms. The summed E-state index contributed by atoms with van der Waals surface area (Å²) in [5, 5.41) is 5.09. The SMILES string of the molecule is Cc1cc(C(=O)NCc2ccc3c(c2)OCCO3)c(C)n1Cc1cccs1. The zero-order chi connectivity index (χ0) is 18.8. The van der Waals surface area contributed by atoms with Crippen molar-refractivity contribution in [1.29, 1.82) is 0 Å². The third kappa shape index (κ3) is 3.71. The van der Waals surface area contributed by atoms with Crippen LogP contribution in [0, 0.1) is 13.8 Å². The lowest BCUT2D eigenvalue weighted by Gasteiger charge is -2.19. The molecule has 0 radical (unpaired) electrons. The molecule has 0 saturated carbocycles. The molecule has 0 saturated heterocycles. The number of nitrogens with zero attached hydrogens (tertiary/aromatic N) is 1. The minimum Gasteiger partial charge on any atom is -0.486 e. The van der Waals surface area contributed by atoms with Crippen molar-refractivity contribution in [3.05, 3.63) is 69.2 Å². The van der Waals surface area contributed by atoms with E-state index < -0.39 is 0 Å². The maximum Gasteiger partial charge on any atom is 0.253 e. The fourth-order valence-corrected chi connectivity index (χ4v) is 4.00. The van der Waals surface area contributed by atoms with Crippen molar-refractivity contribution in [3.63, 3.8) is 0 Å². The highest BCUT2D eigenvalue weighted by Gasteiger charge is 2.17. The summed E-state index contributed by atoms with van der Waals surface area (Å²) in [5.74, 6) is 1.44. The van der Waals surface area contributed by atoms with Gasteiger partial charge in [0.05, 0.1) is 12.1 Å². The molecule has 1 amide bonds. The number of nitrogens with one attached hydrogen (secondary N) is 1. The summed E-state index contributed by atoms with van der Waals surface area (Å²) >= 11 is 1.73. The number of hydrogen-bond donors (Lipinski definition) is 1. The zero-order valence-corrected chi connectivity index (χ0v) is 16.3. The Morgan fingerprint density at radius 2 is 1.96 bits per heavy atom. The summed E-state index contributed by atoms with van der Waals surface area (Å²) in [5.41, 5.74) is 3.78. The van der Waals surface area contributed by atoms with Gasteiger partial charge in [-0.25, -0.2) is 0 Å². The van der Waals surface area contributed by atoms with Crippen LogP contribution in [0.2, 0.25) is 0 Å². The number of aryl methyl sites for hydroxylation is 1. The third-order valence-corrected chi connectivity index (χ3v) is 5.63. The lowest BCUT2D eigenvalue weighted by atomic mass is 10.1. The second-order valence-corrected chi connectivity index (χ2v) is 7.64. The molecule has 1 aliphatic rings. The lowest BCUT2D eigenvalue weighted by molar-refractivity contribution is 0.0950. The monoisotopic (exact) mass is 382 g/mol.